The zero-order valence-electron chi connectivity index (χ0n) is 10.9. The molecule has 0 atom stereocenters. The van der Waals surface area contributed by atoms with Gasteiger partial charge in [-0.2, -0.15) is 0 Å². The van der Waals surface area contributed by atoms with Crippen molar-refractivity contribution in [3.05, 3.63) is 52.0 Å². The fourth-order valence-corrected chi connectivity index (χ4v) is 2.47. The lowest BCUT2D eigenvalue weighted by molar-refractivity contribution is 1.19. The maximum atomic E-state index is 5.90. The Morgan fingerprint density at radius 3 is 2.28 bits per heavy atom. The van der Waals surface area contributed by atoms with Gasteiger partial charge in [-0.25, -0.2) is 0 Å². The summed E-state index contributed by atoms with van der Waals surface area (Å²) >= 11 is 3.57. The van der Waals surface area contributed by atoms with Crippen LogP contribution >= 0.6 is 15.9 Å². The predicted octanol–water partition coefficient (Wildman–Crippen LogP) is 4.42. The Morgan fingerprint density at radius 1 is 1.06 bits per heavy atom. The quantitative estimate of drug-likeness (QED) is 0.832. The number of rotatable bonds is 2. The van der Waals surface area contributed by atoms with Crippen molar-refractivity contribution in [2.75, 3.05) is 17.7 Å². The molecule has 0 amide bonds. The molecule has 0 saturated heterocycles. The monoisotopic (exact) mass is 304 g/mol. The van der Waals surface area contributed by atoms with Gasteiger partial charge in [0.05, 0.1) is 5.69 Å². The Labute approximate surface area is 117 Å². The molecule has 0 saturated carbocycles. The van der Waals surface area contributed by atoms with Crippen LogP contribution in [0.4, 0.5) is 17.1 Å². The Balaban J connectivity index is 2.42. The molecule has 0 spiro atoms. The van der Waals surface area contributed by atoms with Crippen LogP contribution in [0.2, 0.25) is 0 Å². The lowest BCUT2D eigenvalue weighted by Crippen LogP contribution is -2.10. The molecule has 18 heavy (non-hydrogen) atoms. The molecule has 0 unspecified atom stereocenters. The summed E-state index contributed by atoms with van der Waals surface area (Å²) in [4.78, 5) is 2.15. The molecule has 0 radical (unpaired) electrons. The Hall–Kier alpha value is -1.48. The van der Waals surface area contributed by atoms with E-state index in [2.05, 4.69) is 65.1 Å². The van der Waals surface area contributed by atoms with E-state index in [0.717, 1.165) is 27.1 Å². The van der Waals surface area contributed by atoms with Crippen LogP contribution in [0.25, 0.3) is 0 Å². The molecule has 2 rings (SSSR count). The number of nitrogen functional groups attached to an aromatic ring is 1. The zero-order chi connectivity index (χ0) is 13.3. The number of nitrogens with two attached hydrogens (primary N) is 1. The van der Waals surface area contributed by atoms with E-state index in [1.54, 1.807) is 0 Å². The van der Waals surface area contributed by atoms with E-state index in [9.17, 15) is 0 Å². The van der Waals surface area contributed by atoms with Crippen LogP contribution in [-0.2, 0) is 0 Å². The maximum Gasteiger partial charge on any atom is 0.0556 e. The van der Waals surface area contributed by atoms with E-state index in [1.165, 1.54) is 5.56 Å². The van der Waals surface area contributed by atoms with E-state index in [-0.39, 0.29) is 0 Å². The number of halogens is 1. The van der Waals surface area contributed by atoms with Crippen LogP contribution in [0.3, 0.4) is 0 Å². The highest BCUT2D eigenvalue weighted by atomic mass is 79.9. The standard InChI is InChI=1S/C15H17BrN2/c1-10-4-6-12(7-5-10)18(3)15-8-11(2)14(17)9-13(15)16/h4-9H,17H2,1-3H3. The van der Waals surface area contributed by atoms with Crippen molar-refractivity contribution in [1.82, 2.24) is 0 Å². The first-order valence-corrected chi connectivity index (χ1v) is 6.64. The summed E-state index contributed by atoms with van der Waals surface area (Å²) < 4.78 is 1.01. The van der Waals surface area contributed by atoms with Crippen LogP contribution < -0.4 is 10.6 Å². The third-order valence-corrected chi connectivity index (χ3v) is 3.75. The molecule has 2 N–H and O–H groups in total. The second-order valence-corrected chi connectivity index (χ2v) is 5.41. The molecule has 3 heteroatoms. The molecule has 0 aliphatic rings. The van der Waals surface area contributed by atoms with Crippen molar-refractivity contribution in [2.24, 2.45) is 0 Å². The number of benzene rings is 2. The summed E-state index contributed by atoms with van der Waals surface area (Å²) in [6.07, 6.45) is 0. The van der Waals surface area contributed by atoms with Gasteiger partial charge in [-0.3, -0.25) is 0 Å². The van der Waals surface area contributed by atoms with Crippen molar-refractivity contribution in [3.8, 4) is 0 Å². The van der Waals surface area contributed by atoms with E-state index in [4.69, 9.17) is 5.73 Å². The molecular weight excluding hydrogens is 288 g/mol. The van der Waals surface area contributed by atoms with Gasteiger partial charge in [-0.05, 0) is 59.6 Å². The molecule has 0 aliphatic heterocycles. The number of hydrogen-bond donors (Lipinski definition) is 1. The first-order valence-electron chi connectivity index (χ1n) is 5.85. The number of hydrogen-bond acceptors (Lipinski definition) is 2. The third kappa shape index (κ3) is 2.51. The van der Waals surface area contributed by atoms with Gasteiger partial charge in [0, 0.05) is 22.9 Å². The first kappa shape index (κ1) is 13.0. The maximum absolute atomic E-state index is 5.90. The van der Waals surface area contributed by atoms with Crippen LogP contribution in [0.1, 0.15) is 11.1 Å². The molecular formula is C15H17BrN2. The molecule has 94 valence electrons. The Kier molecular flexibility index (Phi) is 3.62. The summed E-state index contributed by atoms with van der Waals surface area (Å²) in [6.45, 7) is 4.11. The molecule has 2 nitrogen and oxygen atoms in total. The minimum absolute atomic E-state index is 0.808. The number of aryl methyl sites for hydroxylation is 2. The minimum atomic E-state index is 0.808. The molecule has 0 fully saturated rings. The van der Waals surface area contributed by atoms with Crippen molar-refractivity contribution in [1.29, 1.82) is 0 Å². The van der Waals surface area contributed by atoms with Crippen molar-refractivity contribution in [3.63, 3.8) is 0 Å². The molecule has 0 aliphatic carbocycles. The van der Waals surface area contributed by atoms with E-state index in [0.29, 0.717) is 0 Å². The fraction of sp³-hybridized carbons (Fsp3) is 0.200. The molecule has 2 aromatic carbocycles. The summed E-state index contributed by atoms with van der Waals surface area (Å²) in [7, 11) is 2.06. The van der Waals surface area contributed by atoms with E-state index in [1.807, 2.05) is 13.0 Å². The highest BCUT2D eigenvalue weighted by molar-refractivity contribution is 9.10. The topological polar surface area (TPSA) is 29.3 Å². The van der Waals surface area contributed by atoms with Crippen LogP contribution in [0.5, 0.6) is 0 Å². The average Bonchev–Trinajstić information content (AvgIpc) is 2.34. The molecule has 2 aromatic rings. The average molecular weight is 305 g/mol. The molecule has 0 heterocycles. The largest absolute Gasteiger partial charge is 0.398 e. The van der Waals surface area contributed by atoms with Gasteiger partial charge < -0.3 is 10.6 Å². The predicted molar refractivity (Wildman–Crippen MR) is 82.5 cm³/mol. The van der Waals surface area contributed by atoms with Gasteiger partial charge in [-0.1, -0.05) is 17.7 Å². The van der Waals surface area contributed by atoms with Crippen LogP contribution in [0.15, 0.2) is 40.9 Å². The normalized spacial score (nSPS) is 10.4. The van der Waals surface area contributed by atoms with Crippen LogP contribution in [0, 0.1) is 13.8 Å². The van der Waals surface area contributed by atoms with Crippen LogP contribution in [-0.4, -0.2) is 7.05 Å². The lowest BCUT2D eigenvalue weighted by Gasteiger charge is -2.22. The van der Waals surface area contributed by atoms with Gasteiger partial charge in [0.25, 0.3) is 0 Å². The summed E-state index contributed by atoms with van der Waals surface area (Å²) in [5, 5.41) is 0. The van der Waals surface area contributed by atoms with E-state index < -0.39 is 0 Å². The van der Waals surface area contributed by atoms with Gasteiger partial charge in [0.2, 0.25) is 0 Å². The lowest BCUT2D eigenvalue weighted by atomic mass is 10.1. The second-order valence-electron chi connectivity index (χ2n) is 4.55. The van der Waals surface area contributed by atoms with Gasteiger partial charge in [-0.15, -0.1) is 0 Å². The second kappa shape index (κ2) is 5.02. The van der Waals surface area contributed by atoms with Crippen molar-refractivity contribution >= 4 is 33.0 Å². The minimum Gasteiger partial charge on any atom is -0.398 e. The number of anilines is 3. The fourth-order valence-electron chi connectivity index (χ4n) is 1.85. The summed E-state index contributed by atoms with van der Waals surface area (Å²) in [5.41, 5.74) is 11.3. The first-order chi connectivity index (χ1) is 8.49. The number of nitrogens with zero attached hydrogens (tertiary/aromatic N) is 1. The van der Waals surface area contributed by atoms with E-state index >= 15 is 0 Å². The Morgan fingerprint density at radius 2 is 1.67 bits per heavy atom. The highest BCUT2D eigenvalue weighted by Gasteiger charge is 2.09. The smallest absolute Gasteiger partial charge is 0.0556 e. The van der Waals surface area contributed by atoms with Gasteiger partial charge >= 0.3 is 0 Å². The summed E-state index contributed by atoms with van der Waals surface area (Å²) in [6, 6.07) is 12.5. The molecule has 0 aromatic heterocycles. The van der Waals surface area contributed by atoms with Gasteiger partial charge in [0.15, 0.2) is 0 Å². The Bertz CT molecular complexity index is 561. The SMILES string of the molecule is Cc1ccc(N(C)c2cc(C)c(N)cc2Br)cc1. The third-order valence-electron chi connectivity index (χ3n) is 3.12. The highest BCUT2D eigenvalue weighted by Crippen LogP contribution is 2.34. The van der Waals surface area contributed by atoms with Crippen molar-refractivity contribution < 1.29 is 0 Å². The summed E-state index contributed by atoms with van der Waals surface area (Å²) in [5.74, 6) is 0. The molecule has 0 bridgehead atoms. The van der Waals surface area contributed by atoms with Gasteiger partial charge in [0.1, 0.15) is 0 Å². The zero-order valence-corrected chi connectivity index (χ0v) is 12.5. The van der Waals surface area contributed by atoms with Crippen molar-refractivity contribution in [2.45, 2.75) is 13.8 Å².